The van der Waals surface area contributed by atoms with Crippen molar-refractivity contribution < 1.29 is 9.18 Å². The van der Waals surface area contributed by atoms with E-state index in [4.69, 9.17) is 23.2 Å². The van der Waals surface area contributed by atoms with Gasteiger partial charge in [-0.3, -0.25) is 4.79 Å². The lowest BCUT2D eigenvalue weighted by Gasteiger charge is -2.18. The molecule has 0 atom stereocenters. The molecule has 5 heteroatoms. The van der Waals surface area contributed by atoms with Gasteiger partial charge in [0.1, 0.15) is 5.82 Å². The van der Waals surface area contributed by atoms with Gasteiger partial charge in [0.05, 0.1) is 10.6 Å². The fraction of sp³-hybridized carbons (Fsp3) is 0.133. The number of carbonyl (C=O) groups excluding carboxylic acids is 1. The van der Waals surface area contributed by atoms with Gasteiger partial charge in [-0.1, -0.05) is 41.4 Å². The Bertz CT molecular complexity index is 608. The summed E-state index contributed by atoms with van der Waals surface area (Å²) in [6.07, 6.45) is 0. The Morgan fingerprint density at radius 1 is 1.15 bits per heavy atom. The second kappa shape index (κ2) is 6.25. The van der Waals surface area contributed by atoms with E-state index in [-0.39, 0.29) is 10.6 Å². The second-order valence-electron chi connectivity index (χ2n) is 4.38. The largest absolute Gasteiger partial charge is 0.337 e. The molecule has 0 aliphatic heterocycles. The lowest BCUT2D eigenvalue weighted by Crippen LogP contribution is -2.27. The molecule has 2 rings (SSSR count). The normalized spacial score (nSPS) is 10.4. The Balaban J connectivity index is 2.18. The van der Waals surface area contributed by atoms with Gasteiger partial charge in [0.2, 0.25) is 0 Å². The summed E-state index contributed by atoms with van der Waals surface area (Å²) in [5.74, 6) is -1.08. The molecule has 0 radical (unpaired) electrons. The maximum atomic E-state index is 13.7. The number of hydrogen-bond donors (Lipinski definition) is 0. The summed E-state index contributed by atoms with van der Waals surface area (Å²) in [5, 5.41) is 0.734. The predicted molar refractivity (Wildman–Crippen MR) is 78.7 cm³/mol. The fourth-order valence-corrected chi connectivity index (χ4v) is 2.20. The van der Waals surface area contributed by atoms with Crippen molar-refractivity contribution in [2.24, 2.45) is 0 Å². The van der Waals surface area contributed by atoms with Crippen molar-refractivity contribution in [3.05, 3.63) is 69.5 Å². The van der Waals surface area contributed by atoms with Crippen molar-refractivity contribution in [1.29, 1.82) is 0 Å². The van der Waals surface area contributed by atoms with Gasteiger partial charge >= 0.3 is 0 Å². The zero-order valence-electron chi connectivity index (χ0n) is 10.7. The fourth-order valence-electron chi connectivity index (χ4n) is 1.83. The van der Waals surface area contributed by atoms with Crippen LogP contribution in [-0.2, 0) is 6.54 Å². The van der Waals surface area contributed by atoms with Crippen molar-refractivity contribution >= 4 is 29.1 Å². The van der Waals surface area contributed by atoms with Gasteiger partial charge in [0.15, 0.2) is 0 Å². The molecule has 2 aromatic rings. The number of hydrogen-bond acceptors (Lipinski definition) is 1. The van der Waals surface area contributed by atoms with Crippen LogP contribution >= 0.6 is 23.2 Å². The average molecular weight is 312 g/mol. The van der Waals surface area contributed by atoms with Crippen LogP contribution in [-0.4, -0.2) is 17.9 Å². The smallest absolute Gasteiger partial charge is 0.258 e. The highest BCUT2D eigenvalue weighted by atomic mass is 35.5. The summed E-state index contributed by atoms with van der Waals surface area (Å²) in [7, 11) is 1.60. The van der Waals surface area contributed by atoms with Gasteiger partial charge in [-0.25, -0.2) is 4.39 Å². The summed E-state index contributed by atoms with van der Waals surface area (Å²) in [6.45, 7) is 0.348. The maximum absolute atomic E-state index is 13.7. The summed E-state index contributed by atoms with van der Waals surface area (Å²) in [5.41, 5.74) is 0.795. The molecule has 0 spiro atoms. The predicted octanol–water partition coefficient (Wildman–Crippen LogP) is 4.40. The van der Waals surface area contributed by atoms with Crippen LogP contribution in [0.4, 0.5) is 4.39 Å². The minimum absolute atomic E-state index is 0.106. The minimum Gasteiger partial charge on any atom is -0.337 e. The third-order valence-corrected chi connectivity index (χ3v) is 3.42. The van der Waals surface area contributed by atoms with Crippen LogP contribution in [0.2, 0.25) is 10.0 Å². The first kappa shape index (κ1) is 14.8. The quantitative estimate of drug-likeness (QED) is 0.822. The van der Waals surface area contributed by atoms with Crippen molar-refractivity contribution in [3.8, 4) is 0 Å². The van der Waals surface area contributed by atoms with Crippen molar-refractivity contribution in [1.82, 2.24) is 4.90 Å². The maximum Gasteiger partial charge on any atom is 0.258 e. The Morgan fingerprint density at radius 3 is 2.40 bits per heavy atom. The molecule has 0 saturated heterocycles. The lowest BCUT2D eigenvalue weighted by molar-refractivity contribution is 0.0780. The van der Waals surface area contributed by atoms with E-state index in [0.717, 1.165) is 5.56 Å². The topological polar surface area (TPSA) is 20.3 Å². The van der Waals surface area contributed by atoms with Gasteiger partial charge in [-0.2, -0.15) is 0 Å². The molecule has 2 nitrogen and oxygen atoms in total. The molecule has 20 heavy (non-hydrogen) atoms. The van der Waals surface area contributed by atoms with E-state index < -0.39 is 11.7 Å². The average Bonchev–Trinajstić information content (AvgIpc) is 2.41. The highest BCUT2D eigenvalue weighted by Crippen LogP contribution is 2.21. The molecule has 0 unspecified atom stereocenters. The van der Waals surface area contributed by atoms with Gasteiger partial charge in [-0.05, 0) is 29.8 Å². The molecule has 0 fully saturated rings. The molecule has 0 N–H and O–H groups in total. The molecular weight excluding hydrogens is 300 g/mol. The van der Waals surface area contributed by atoms with Crippen molar-refractivity contribution in [2.75, 3.05) is 7.05 Å². The Kier molecular flexibility index (Phi) is 4.63. The second-order valence-corrected chi connectivity index (χ2v) is 5.23. The van der Waals surface area contributed by atoms with E-state index in [1.807, 2.05) is 12.1 Å². The monoisotopic (exact) mass is 311 g/mol. The zero-order chi connectivity index (χ0) is 14.7. The van der Waals surface area contributed by atoms with E-state index in [1.54, 1.807) is 19.2 Å². The molecule has 0 bridgehead atoms. The van der Waals surface area contributed by atoms with Crippen LogP contribution in [0.15, 0.2) is 42.5 Å². The first-order valence-corrected chi connectivity index (χ1v) is 6.68. The van der Waals surface area contributed by atoms with Crippen LogP contribution in [0.1, 0.15) is 15.9 Å². The first-order valence-electron chi connectivity index (χ1n) is 5.93. The Labute approximate surface area is 126 Å². The first-order chi connectivity index (χ1) is 9.49. The Morgan fingerprint density at radius 2 is 1.80 bits per heavy atom. The van der Waals surface area contributed by atoms with Crippen LogP contribution in [0.3, 0.4) is 0 Å². The summed E-state index contributed by atoms with van der Waals surface area (Å²) >= 11 is 11.7. The minimum atomic E-state index is -0.620. The van der Waals surface area contributed by atoms with E-state index >= 15 is 0 Å². The number of nitrogens with zero attached hydrogens (tertiary/aromatic N) is 1. The molecule has 1 amide bonds. The van der Waals surface area contributed by atoms with E-state index in [2.05, 4.69) is 0 Å². The van der Waals surface area contributed by atoms with Crippen LogP contribution in [0.5, 0.6) is 0 Å². The van der Waals surface area contributed by atoms with Gasteiger partial charge < -0.3 is 4.90 Å². The van der Waals surface area contributed by atoms with Crippen molar-refractivity contribution in [2.45, 2.75) is 6.54 Å². The molecule has 0 aliphatic carbocycles. The molecular formula is C15H12Cl2FNO. The van der Waals surface area contributed by atoms with Crippen molar-refractivity contribution in [3.63, 3.8) is 0 Å². The SMILES string of the molecule is CN(Cc1ccc(Cl)cc1)C(=O)c1c(F)cccc1Cl. The molecule has 0 aromatic heterocycles. The number of amides is 1. The molecule has 2 aromatic carbocycles. The number of halogens is 3. The highest BCUT2D eigenvalue weighted by molar-refractivity contribution is 6.33. The van der Waals surface area contributed by atoms with Gasteiger partial charge in [0, 0.05) is 18.6 Å². The standard InChI is InChI=1S/C15H12Cl2FNO/c1-19(9-10-5-7-11(16)8-6-10)15(20)14-12(17)3-2-4-13(14)18/h2-8H,9H2,1H3. The lowest BCUT2D eigenvalue weighted by atomic mass is 10.1. The molecule has 0 saturated carbocycles. The highest BCUT2D eigenvalue weighted by Gasteiger charge is 2.19. The number of carbonyl (C=O) groups is 1. The third kappa shape index (κ3) is 3.30. The molecule has 104 valence electrons. The van der Waals surface area contributed by atoms with E-state index in [9.17, 15) is 9.18 Å². The van der Waals surface area contributed by atoms with Gasteiger partial charge in [-0.15, -0.1) is 0 Å². The third-order valence-electron chi connectivity index (χ3n) is 2.86. The van der Waals surface area contributed by atoms with Crippen LogP contribution in [0, 0.1) is 5.82 Å². The van der Waals surface area contributed by atoms with E-state index in [0.29, 0.717) is 11.6 Å². The van der Waals surface area contributed by atoms with Crippen LogP contribution < -0.4 is 0 Å². The molecule has 0 heterocycles. The zero-order valence-corrected chi connectivity index (χ0v) is 12.2. The Hall–Kier alpha value is -1.58. The number of benzene rings is 2. The van der Waals surface area contributed by atoms with Gasteiger partial charge in [0.25, 0.3) is 5.91 Å². The van der Waals surface area contributed by atoms with E-state index in [1.165, 1.54) is 23.1 Å². The number of rotatable bonds is 3. The summed E-state index contributed by atoms with van der Waals surface area (Å²) in [4.78, 5) is 13.6. The summed E-state index contributed by atoms with van der Waals surface area (Å²) < 4.78 is 13.7. The summed E-state index contributed by atoms with van der Waals surface area (Å²) in [6, 6.07) is 11.3. The molecule has 0 aliphatic rings. The van der Waals surface area contributed by atoms with Crippen LogP contribution in [0.25, 0.3) is 0 Å².